The summed E-state index contributed by atoms with van der Waals surface area (Å²) in [5.74, 6) is -2.75. The molecule has 0 unspecified atom stereocenters. The molecule has 1 aromatic carbocycles. The molecule has 2 rings (SSSR count). The van der Waals surface area contributed by atoms with E-state index in [1.54, 1.807) is 19.1 Å². The zero-order chi connectivity index (χ0) is 19.1. The van der Waals surface area contributed by atoms with Gasteiger partial charge in [-0.3, -0.25) is 9.59 Å². The monoisotopic (exact) mass is 399 g/mol. The third-order valence-electron chi connectivity index (χ3n) is 3.28. The molecule has 0 aliphatic heterocycles. The molecule has 1 aromatic heterocycles. The molecule has 140 valence electrons. The van der Waals surface area contributed by atoms with Crippen molar-refractivity contribution >= 4 is 35.1 Å². The molecule has 0 spiro atoms. The van der Waals surface area contributed by atoms with Crippen LogP contribution in [0.3, 0.4) is 0 Å². The van der Waals surface area contributed by atoms with Crippen LogP contribution in [-0.4, -0.2) is 26.9 Å². The van der Waals surface area contributed by atoms with Crippen molar-refractivity contribution in [2.24, 2.45) is 0 Å². The van der Waals surface area contributed by atoms with Crippen LogP contribution < -0.4 is 10.9 Å². The molecule has 0 aliphatic rings. The number of benzene rings is 1. The summed E-state index contributed by atoms with van der Waals surface area (Å²) in [5.41, 5.74) is 0.964. The van der Waals surface area contributed by atoms with Gasteiger partial charge in [0.15, 0.2) is 5.16 Å². The number of amides is 1. The highest BCUT2D eigenvalue weighted by Gasteiger charge is 2.16. The summed E-state index contributed by atoms with van der Waals surface area (Å²) >= 11 is 1.60. The fraction of sp³-hybridized carbons (Fsp3) is 0.353. The first-order chi connectivity index (χ1) is 12.4. The molecule has 0 radical (unpaired) electrons. The van der Waals surface area contributed by atoms with Crippen LogP contribution >= 0.6 is 23.5 Å². The smallest absolute Gasteiger partial charge is 0.288 e. The summed E-state index contributed by atoms with van der Waals surface area (Å²) in [4.78, 5) is 31.4. The van der Waals surface area contributed by atoms with Crippen molar-refractivity contribution in [2.45, 2.75) is 47.7 Å². The molecule has 1 amide bonds. The van der Waals surface area contributed by atoms with Gasteiger partial charge in [-0.25, -0.2) is 4.98 Å². The number of carbonyl (C=O) groups excluding carboxylic acids is 1. The lowest BCUT2D eigenvalue weighted by atomic mass is 10.2. The second kappa shape index (κ2) is 9.72. The van der Waals surface area contributed by atoms with Crippen molar-refractivity contribution in [3.8, 4) is 0 Å². The maximum atomic E-state index is 12.3. The van der Waals surface area contributed by atoms with Crippen LogP contribution in [0.25, 0.3) is 0 Å². The SMILES string of the molecule is CCCc1cc(=O)[nH]c(S[C@H](C)C(=O)Nc2ccc(SC(F)F)cc2)n1. The molecule has 0 fully saturated rings. The van der Waals surface area contributed by atoms with E-state index in [0.29, 0.717) is 39.6 Å². The van der Waals surface area contributed by atoms with Crippen LogP contribution in [0.4, 0.5) is 14.5 Å². The summed E-state index contributed by atoms with van der Waals surface area (Å²) in [6, 6.07) is 7.65. The third-order valence-corrected chi connectivity index (χ3v) is 4.99. The predicted molar refractivity (Wildman–Crippen MR) is 101 cm³/mol. The minimum absolute atomic E-state index is 0.245. The molecule has 26 heavy (non-hydrogen) atoms. The third kappa shape index (κ3) is 6.45. The van der Waals surface area contributed by atoms with Gasteiger partial charge in [-0.05, 0) is 37.6 Å². The van der Waals surface area contributed by atoms with Gasteiger partial charge in [0.2, 0.25) is 5.91 Å². The fourth-order valence-electron chi connectivity index (χ4n) is 2.11. The van der Waals surface area contributed by atoms with Crippen LogP contribution in [0.15, 0.2) is 45.2 Å². The highest BCUT2D eigenvalue weighted by atomic mass is 32.2. The van der Waals surface area contributed by atoms with Crippen LogP contribution in [0.1, 0.15) is 26.0 Å². The van der Waals surface area contributed by atoms with Gasteiger partial charge in [-0.15, -0.1) is 0 Å². The fourth-order valence-corrected chi connectivity index (χ4v) is 3.44. The summed E-state index contributed by atoms with van der Waals surface area (Å²) in [6.45, 7) is 3.70. The first kappa shape index (κ1) is 20.4. The molecule has 0 saturated carbocycles. The van der Waals surface area contributed by atoms with Crippen molar-refractivity contribution < 1.29 is 13.6 Å². The van der Waals surface area contributed by atoms with Gasteiger partial charge < -0.3 is 10.3 Å². The van der Waals surface area contributed by atoms with Crippen molar-refractivity contribution in [2.75, 3.05) is 5.32 Å². The van der Waals surface area contributed by atoms with E-state index < -0.39 is 11.0 Å². The van der Waals surface area contributed by atoms with Crippen molar-refractivity contribution in [3.63, 3.8) is 0 Å². The topological polar surface area (TPSA) is 74.8 Å². The summed E-state index contributed by atoms with van der Waals surface area (Å²) < 4.78 is 24.6. The number of nitrogens with zero attached hydrogens (tertiary/aromatic N) is 1. The minimum atomic E-state index is -2.48. The Hall–Kier alpha value is -1.87. The van der Waals surface area contributed by atoms with E-state index in [2.05, 4.69) is 15.3 Å². The Kier molecular flexibility index (Phi) is 7.65. The Labute approximate surface area is 158 Å². The van der Waals surface area contributed by atoms with Crippen molar-refractivity contribution in [1.82, 2.24) is 9.97 Å². The van der Waals surface area contributed by atoms with E-state index in [-0.39, 0.29) is 11.5 Å². The molecular weight excluding hydrogens is 380 g/mol. The Morgan fingerprint density at radius 2 is 1.96 bits per heavy atom. The Morgan fingerprint density at radius 3 is 2.58 bits per heavy atom. The first-order valence-electron chi connectivity index (χ1n) is 8.00. The molecule has 0 bridgehead atoms. The molecule has 0 aliphatic carbocycles. The first-order valence-corrected chi connectivity index (χ1v) is 9.76. The molecular formula is C17H19F2N3O2S2. The highest BCUT2D eigenvalue weighted by molar-refractivity contribution is 8.00. The molecule has 5 nitrogen and oxygen atoms in total. The van der Waals surface area contributed by atoms with Gasteiger partial charge in [0, 0.05) is 22.3 Å². The predicted octanol–water partition coefficient (Wildman–Crippen LogP) is 4.16. The number of halogens is 2. The lowest BCUT2D eigenvalue weighted by Crippen LogP contribution is -2.23. The number of aryl methyl sites for hydroxylation is 1. The highest BCUT2D eigenvalue weighted by Crippen LogP contribution is 2.26. The number of nitrogens with one attached hydrogen (secondary N) is 2. The van der Waals surface area contributed by atoms with E-state index in [4.69, 9.17) is 0 Å². The lowest BCUT2D eigenvalue weighted by Gasteiger charge is -2.12. The summed E-state index contributed by atoms with van der Waals surface area (Å²) in [7, 11) is 0. The maximum absolute atomic E-state index is 12.3. The number of rotatable bonds is 8. The van der Waals surface area contributed by atoms with E-state index in [1.165, 1.54) is 18.2 Å². The lowest BCUT2D eigenvalue weighted by molar-refractivity contribution is -0.115. The number of thioether (sulfide) groups is 2. The number of hydrogen-bond acceptors (Lipinski definition) is 5. The summed E-state index contributed by atoms with van der Waals surface area (Å²) in [5, 5.41) is 2.62. The molecule has 1 atom stereocenters. The zero-order valence-electron chi connectivity index (χ0n) is 14.3. The van der Waals surface area contributed by atoms with E-state index >= 15 is 0 Å². The van der Waals surface area contributed by atoms with Gasteiger partial charge >= 0.3 is 0 Å². The standard InChI is InChI=1S/C17H19F2N3O2S2/c1-3-4-12-9-14(23)22-17(21-12)25-10(2)15(24)20-11-5-7-13(8-6-11)26-16(18)19/h5-10,16H,3-4H2,1-2H3,(H,20,24)(H,21,22,23)/t10-/m1/s1. The number of anilines is 1. The number of aromatic nitrogens is 2. The second-order valence-electron chi connectivity index (χ2n) is 5.44. The van der Waals surface area contributed by atoms with Crippen LogP contribution in [-0.2, 0) is 11.2 Å². The average Bonchev–Trinajstić information content (AvgIpc) is 2.56. The van der Waals surface area contributed by atoms with E-state index in [1.807, 2.05) is 6.92 Å². The van der Waals surface area contributed by atoms with Crippen LogP contribution in [0, 0.1) is 0 Å². The molecule has 9 heteroatoms. The number of alkyl halides is 2. The van der Waals surface area contributed by atoms with Crippen molar-refractivity contribution in [3.05, 3.63) is 46.4 Å². The largest absolute Gasteiger partial charge is 0.325 e. The number of aromatic amines is 1. The maximum Gasteiger partial charge on any atom is 0.288 e. The minimum Gasteiger partial charge on any atom is -0.325 e. The molecule has 2 aromatic rings. The second-order valence-corrected chi connectivity index (χ2v) is 7.84. The van der Waals surface area contributed by atoms with Gasteiger partial charge in [0.25, 0.3) is 11.3 Å². The van der Waals surface area contributed by atoms with E-state index in [0.717, 1.165) is 18.2 Å². The van der Waals surface area contributed by atoms with E-state index in [9.17, 15) is 18.4 Å². The van der Waals surface area contributed by atoms with Crippen molar-refractivity contribution in [1.29, 1.82) is 0 Å². The van der Waals surface area contributed by atoms with Gasteiger partial charge in [0.05, 0.1) is 5.25 Å². The Bertz CT molecular complexity index is 797. The van der Waals surface area contributed by atoms with Gasteiger partial charge in [-0.2, -0.15) is 8.78 Å². The number of carbonyl (C=O) groups is 1. The number of hydrogen-bond donors (Lipinski definition) is 2. The molecule has 1 heterocycles. The molecule has 2 N–H and O–H groups in total. The van der Waals surface area contributed by atoms with Crippen LogP contribution in [0.5, 0.6) is 0 Å². The quantitative estimate of drug-likeness (QED) is 0.515. The summed E-state index contributed by atoms with van der Waals surface area (Å²) in [6.07, 6.45) is 1.57. The Balaban J connectivity index is 1.98. The Morgan fingerprint density at radius 1 is 1.27 bits per heavy atom. The normalized spacial score (nSPS) is 12.2. The zero-order valence-corrected chi connectivity index (χ0v) is 15.9. The van der Waals surface area contributed by atoms with Crippen LogP contribution in [0.2, 0.25) is 0 Å². The average molecular weight is 399 g/mol. The van der Waals surface area contributed by atoms with Gasteiger partial charge in [-0.1, -0.05) is 36.9 Å². The van der Waals surface area contributed by atoms with Gasteiger partial charge in [0.1, 0.15) is 0 Å². The number of H-pyrrole nitrogens is 1. The molecule has 0 saturated heterocycles.